The van der Waals surface area contributed by atoms with Crippen LogP contribution in [0.3, 0.4) is 0 Å². The van der Waals surface area contributed by atoms with Gasteiger partial charge in [0.05, 0.1) is 24.8 Å². The molecule has 0 radical (unpaired) electrons. The molecule has 92 valence electrons. The molecule has 1 aromatic rings. The molecule has 6 nitrogen and oxygen atoms in total. The van der Waals surface area contributed by atoms with Crippen LogP contribution in [0.1, 0.15) is 12.1 Å². The maximum Gasteiger partial charge on any atom is 0.306 e. The zero-order chi connectivity index (χ0) is 12.1. The van der Waals surface area contributed by atoms with E-state index < -0.39 is 5.97 Å². The molecular formula is C11H15N3O3. The van der Waals surface area contributed by atoms with Crippen LogP contribution in [0, 0.1) is 0 Å². The molecule has 6 heteroatoms. The van der Waals surface area contributed by atoms with Gasteiger partial charge in [0.2, 0.25) is 0 Å². The van der Waals surface area contributed by atoms with E-state index in [2.05, 4.69) is 14.9 Å². The third kappa shape index (κ3) is 3.76. The monoisotopic (exact) mass is 237 g/mol. The molecular weight excluding hydrogens is 222 g/mol. The molecule has 1 unspecified atom stereocenters. The van der Waals surface area contributed by atoms with Crippen LogP contribution in [-0.2, 0) is 16.1 Å². The van der Waals surface area contributed by atoms with Crippen molar-refractivity contribution in [1.29, 1.82) is 0 Å². The molecule has 1 aliphatic heterocycles. The molecule has 1 N–H and O–H groups in total. The summed E-state index contributed by atoms with van der Waals surface area (Å²) in [5.74, 6) is -0.820. The highest BCUT2D eigenvalue weighted by Gasteiger charge is 2.22. The SMILES string of the molecule is O=C(O)CC1CN(Cc2ccncn2)CCO1. The largest absolute Gasteiger partial charge is 0.481 e. The molecule has 1 atom stereocenters. The van der Waals surface area contributed by atoms with Crippen molar-refractivity contribution in [1.82, 2.24) is 14.9 Å². The van der Waals surface area contributed by atoms with Crippen LogP contribution >= 0.6 is 0 Å². The van der Waals surface area contributed by atoms with Gasteiger partial charge in [0.15, 0.2) is 0 Å². The first-order valence-corrected chi connectivity index (χ1v) is 5.54. The predicted octanol–water partition coefficient (Wildman–Crippen LogP) is 0.152. The number of carboxylic acids is 1. The van der Waals surface area contributed by atoms with Crippen molar-refractivity contribution >= 4 is 5.97 Å². The summed E-state index contributed by atoms with van der Waals surface area (Å²) >= 11 is 0. The second kappa shape index (κ2) is 5.70. The topological polar surface area (TPSA) is 75.5 Å². The summed E-state index contributed by atoms with van der Waals surface area (Å²) in [6.07, 6.45) is 3.06. The first-order valence-electron chi connectivity index (χ1n) is 5.54. The lowest BCUT2D eigenvalue weighted by atomic mass is 10.2. The normalized spacial score (nSPS) is 21.3. The van der Waals surface area contributed by atoms with E-state index in [1.165, 1.54) is 6.33 Å². The first-order chi connectivity index (χ1) is 8.24. The molecule has 1 aromatic heterocycles. The molecule has 0 bridgehead atoms. The second-order valence-corrected chi connectivity index (χ2v) is 4.03. The van der Waals surface area contributed by atoms with Gasteiger partial charge in [-0.1, -0.05) is 0 Å². The van der Waals surface area contributed by atoms with Gasteiger partial charge in [-0.2, -0.15) is 0 Å². The fraction of sp³-hybridized carbons (Fsp3) is 0.545. The highest BCUT2D eigenvalue weighted by atomic mass is 16.5. The lowest BCUT2D eigenvalue weighted by Crippen LogP contribution is -2.42. The number of ether oxygens (including phenoxy) is 1. The van der Waals surface area contributed by atoms with Gasteiger partial charge >= 0.3 is 5.97 Å². The number of hydrogen-bond acceptors (Lipinski definition) is 5. The Hall–Kier alpha value is -1.53. The first kappa shape index (κ1) is 11.9. The molecule has 17 heavy (non-hydrogen) atoms. The van der Waals surface area contributed by atoms with Crippen molar-refractivity contribution in [2.45, 2.75) is 19.1 Å². The Labute approximate surface area is 99.2 Å². The van der Waals surface area contributed by atoms with Crippen LogP contribution in [0.5, 0.6) is 0 Å². The Bertz CT molecular complexity index is 371. The fourth-order valence-corrected chi connectivity index (χ4v) is 1.88. The van der Waals surface area contributed by atoms with Crippen LogP contribution in [0.2, 0.25) is 0 Å². The van der Waals surface area contributed by atoms with Crippen molar-refractivity contribution in [2.24, 2.45) is 0 Å². The minimum atomic E-state index is -0.820. The van der Waals surface area contributed by atoms with Crippen molar-refractivity contribution in [3.63, 3.8) is 0 Å². The van der Waals surface area contributed by atoms with Gasteiger partial charge in [0.25, 0.3) is 0 Å². The quantitative estimate of drug-likeness (QED) is 0.803. The van der Waals surface area contributed by atoms with E-state index >= 15 is 0 Å². The highest BCUT2D eigenvalue weighted by Crippen LogP contribution is 2.11. The van der Waals surface area contributed by atoms with E-state index in [0.29, 0.717) is 19.7 Å². The van der Waals surface area contributed by atoms with Gasteiger partial charge in [-0.05, 0) is 6.07 Å². The Morgan fingerprint density at radius 2 is 2.53 bits per heavy atom. The second-order valence-electron chi connectivity index (χ2n) is 4.03. The lowest BCUT2D eigenvalue weighted by Gasteiger charge is -2.31. The number of carboxylic acid groups (broad SMARTS) is 1. The summed E-state index contributed by atoms with van der Waals surface area (Å²) in [5, 5.41) is 8.72. The zero-order valence-corrected chi connectivity index (χ0v) is 9.45. The van der Waals surface area contributed by atoms with E-state index in [-0.39, 0.29) is 12.5 Å². The van der Waals surface area contributed by atoms with Crippen molar-refractivity contribution in [3.05, 3.63) is 24.3 Å². The number of aliphatic carboxylic acids is 1. The van der Waals surface area contributed by atoms with Crippen LogP contribution in [0.15, 0.2) is 18.6 Å². The molecule has 0 spiro atoms. The molecule has 2 rings (SSSR count). The summed E-state index contributed by atoms with van der Waals surface area (Å²) < 4.78 is 5.40. The van der Waals surface area contributed by atoms with Gasteiger partial charge in [-0.3, -0.25) is 9.69 Å². The summed E-state index contributed by atoms with van der Waals surface area (Å²) in [5.41, 5.74) is 0.941. The highest BCUT2D eigenvalue weighted by molar-refractivity contribution is 5.67. The third-order valence-corrected chi connectivity index (χ3v) is 2.65. The Kier molecular flexibility index (Phi) is 4.00. The van der Waals surface area contributed by atoms with Crippen molar-refractivity contribution < 1.29 is 14.6 Å². The number of nitrogens with zero attached hydrogens (tertiary/aromatic N) is 3. The van der Waals surface area contributed by atoms with Crippen LogP contribution in [-0.4, -0.2) is 51.7 Å². The Balaban J connectivity index is 1.87. The third-order valence-electron chi connectivity index (χ3n) is 2.65. The fourth-order valence-electron chi connectivity index (χ4n) is 1.88. The minimum Gasteiger partial charge on any atom is -0.481 e. The van der Waals surface area contributed by atoms with E-state index in [0.717, 1.165) is 12.2 Å². The van der Waals surface area contributed by atoms with E-state index in [1.54, 1.807) is 6.20 Å². The average molecular weight is 237 g/mol. The molecule has 2 heterocycles. The van der Waals surface area contributed by atoms with Gasteiger partial charge < -0.3 is 9.84 Å². The number of morpholine rings is 1. The smallest absolute Gasteiger partial charge is 0.306 e. The van der Waals surface area contributed by atoms with Crippen LogP contribution in [0.25, 0.3) is 0 Å². The zero-order valence-electron chi connectivity index (χ0n) is 9.45. The average Bonchev–Trinajstić information content (AvgIpc) is 2.30. The molecule has 0 aromatic carbocycles. The minimum absolute atomic E-state index is 0.0558. The summed E-state index contributed by atoms with van der Waals surface area (Å²) in [7, 11) is 0. The predicted molar refractivity (Wildman–Crippen MR) is 59.3 cm³/mol. The molecule has 0 saturated carbocycles. The summed E-state index contributed by atoms with van der Waals surface area (Å²) in [4.78, 5) is 20.8. The number of carbonyl (C=O) groups is 1. The maximum atomic E-state index is 10.6. The van der Waals surface area contributed by atoms with E-state index in [9.17, 15) is 4.79 Å². The van der Waals surface area contributed by atoms with Gasteiger partial charge in [-0.25, -0.2) is 9.97 Å². The van der Waals surface area contributed by atoms with Crippen LogP contribution in [0.4, 0.5) is 0 Å². The van der Waals surface area contributed by atoms with Gasteiger partial charge in [0.1, 0.15) is 6.33 Å². The van der Waals surface area contributed by atoms with E-state index in [4.69, 9.17) is 9.84 Å². The number of aromatic nitrogens is 2. The van der Waals surface area contributed by atoms with E-state index in [1.807, 2.05) is 6.07 Å². The van der Waals surface area contributed by atoms with Crippen molar-refractivity contribution in [2.75, 3.05) is 19.7 Å². The number of hydrogen-bond donors (Lipinski definition) is 1. The van der Waals surface area contributed by atoms with Gasteiger partial charge in [-0.15, -0.1) is 0 Å². The standard InChI is InChI=1S/C11H15N3O3/c15-11(16)5-10-7-14(3-4-17-10)6-9-1-2-12-8-13-9/h1-2,8,10H,3-7H2,(H,15,16). The van der Waals surface area contributed by atoms with Crippen LogP contribution < -0.4 is 0 Å². The molecule has 0 aliphatic carbocycles. The summed E-state index contributed by atoms with van der Waals surface area (Å²) in [6.45, 7) is 2.72. The molecule has 1 aliphatic rings. The maximum absolute atomic E-state index is 10.6. The molecule has 0 amide bonds. The lowest BCUT2D eigenvalue weighted by molar-refractivity contribution is -0.142. The molecule has 1 saturated heterocycles. The number of rotatable bonds is 4. The Morgan fingerprint density at radius 1 is 1.65 bits per heavy atom. The van der Waals surface area contributed by atoms with Gasteiger partial charge in [0, 0.05) is 25.8 Å². The Morgan fingerprint density at radius 3 is 3.24 bits per heavy atom. The summed E-state index contributed by atoms with van der Waals surface area (Å²) in [6, 6.07) is 1.86. The molecule has 1 fully saturated rings. The van der Waals surface area contributed by atoms with Crippen molar-refractivity contribution in [3.8, 4) is 0 Å².